The SMILES string of the molecule is CCC(C)[C@@H]1C(=O)O[C@H]1C(=O)N[C@H]1C[C@@H]1C[C@@H](CCc1ccccc1)C(=O)c1ccc2ccccc2c1. The zero-order valence-electron chi connectivity index (χ0n) is 21.6. The average Bonchev–Trinajstić information content (AvgIpc) is 3.65. The van der Waals surface area contributed by atoms with Gasteiger partial charge in [0, 0.05) is 17.5 Å². The van der Waals surface area contributed by atoms with Crippen LogP contribution in [0.3, 0.4) is 0 Å². The predicted octanol–water partition coefficient (Wildman–Crippen LogP) is 5.75. The van der Waals surface area contributed by atoms with Crippen LogP contribution >= 0.6 is 0 Å². The zero-order valence-corrected chi connectivity index (χ0v) is 21.6. The van der Waals surface area contributed by atoms with Crippen LogP contribution < -0.4 is 5.32 Å². The molecule has 6 atom stereocenters. The quantitative estimate of drug-likeness (QED) is 0.270. The van der Waals surface area contributed by atoms with Crippen molar-refractivity contribution in [2.75, 3.05) is 0 Å². The molecule has 2 fully saturated rings. The van der Waals surface area contributed by atoms with E-state index in [-0.39, 0.29) is 47.4 Å². The van der Waals surface area contributed by atoms with Gasteiger partial charge in [0.1, 0.15) is 5.92 Å². The Balaban J connectivity index is 1.25. The number of esters is 1. The Kier molecular flexibility index (Phi) is 7.40. The highest BCUT2D eigenvalue weighted by atomic mass is 16.6. The van der Waals surface area contributed by atoms with Crippen LogP contribution in [0.2, 0.25) is 0 Å². The van der Waals surface area contributed by atoms with Crippen LogP contribution in [0, 0.1) is 23.7 Å². The maximum absolute atomic E-state index is 13.7. The maximum atomic E-state index is 13.7. The van der Waals surface area contributed by atoms with Crippen LogP contribution in [0.5, 0.6) is 0 Å². The van der Waals surface area contributed by atoms with Crippen molar-refractivity contribution in [1.82, 2.24) is 5.32 Å². The van der Waals surface area contributed by atoms with Gasteiger partial charge < -0.3 is 10.1 Å². The number of hydrogen-bond acceptors (Lipinski definition) is 4. The van der Waals surface area contributed by atoms with E-state index >= 15 is 0 Å². The summed E-state index contributed by atoms with van der Waals surface area (Å²) >= 11 is 0. The van der Waals surface area contributed by atoms with Crippen LogP contribution in [-0.4, -0.2) is 29.8 Å². The van der Waals surface area contributed by atoms with Gasteiger partial charge in [-0.1, -0.05) is 87.0 Å². The molecule has 5 nitrogen and oxygen atoms in total. The maximum Gasteiger partial charge on any atom is 0.314 e. The molecule has 1 saturated heterocycles. The normalized spacial score (nSPS) is 24.0. The van der Waals surface area contributed by atoms with Gasteiger partial charge in [-0.25, -0.2) is 0 Å². The standard InChI is InChI=1S/C32H35NO4/c1-3-20(2)28-30(37-32(28)36)31(35)33-27-19-26(27)18-24(14-13-21-9-5-4-6-10-21)29(34)25-16-15-22-11-7-8-12-23(22)17-25/h4-12,15-17,20,24,26-28,30H,3,13-14,18-19H2,1-2H3,(H,33,35)/t20?,24-,26+,27+,28+,30-/m1/s1. The number of amides is 1. The molecule has 0 spiro atoms. The number of aryl methyl sites for hydroxylation is 1. The molecule has 37 heavy (non-hydrogen) atoms. The minimum atomic E-state index is -0.684. The Labute approximate surface area is 218 Å². The first kappa shape index (κ1) is 25.2. The van der Waals surface area contributed by atoms with E-state index < -0.39 is 6.10 Å². The third-order valence-corrected chi connectivity index (χ3v) is 8.22. The van der Waals surface area contributed by atoms with E-state index in [0.717, 1.165) is 48.4 Å². The molecule has 1 unspecified atom stereocenters. The van der Waals surface area contributed by atoms with Gasteiger partial charge in [-0.3, -0.25) is 14.4 Å². The highest BCUT2D eigenvalue weighted by Gasteiger charge is 2.51. The van der Waals surface area contributed by atoms with Crippen LogP contribution in [-0.2, 0) is 20.7 Å². The predicted molar refractivity (Wildman–Crippen MR) is 144 cm³/mol. The van der Waals surface area contributed by atoms with E-state index in [1.165, 1.54) is 5.56 Å². The highest BCUT2D eigenvalue weighted by Crippen LogP contribution is 2.40. The fraction of sp³-hybridized carbons (Fsp3) is 0.406. The van der Waals surface area contributed by atoms with Crippen molar-refractivity contribution in [2.45, 2.75) is 58.1 Å². The highest BCUT2D eigenvalue weighted by molar-refractivity contribution is 6.01. The molecule has 1 amide bonds. The topological polar surface area (TPSA) is 72.5 Å². The molecule has 3 aromatic carbocycles. The van der Waals surface area contributed by atoms with Crippen molar-refractivity contribution in [1.29, 1.82) is 0 Å². The number of ether oxygens (including phenoxy) is 1. The minimum absolute atomic E-state index is 0.0352. The van der Waals surface area contributed by atoms with Crippen molar-refractivity contribution in [3.8, 4) is 0 Å². The Hall–Kier alpha value is -3.47. The van der Waals surface area contributed by atoms with Gasteiger partial charge in [-0.2, -0.15) is 0 Å². The van der Waals surface area contributed by atoms with Crippen molar-refractivity contribution in [3.05, 3.63) is 83.9 Å². The summed E-state index contributed by atoms with van der Waals surface area (Å²) in [6.07, 6.45) is 3.34. The summed E-state index contributed by atoms with van der Waals surface area (Å²) in [4.78, 5) is 38.4. The van der Waals surface area contributed by atoms with E-state index in [2.05, 4.69) is 23.5 Å². The second kappa shape index (κ2) is 10.9. The number of cyclic esters (lactones) is 1. The summed E-state index contributed by atoms with van der Waals surface area (Å²) in [6, 6.07) is 24.3. The van der Waals surface area contributed by atoms with Gasteiger partial charge in [0.25, 0.3) is 5.91 Å². The largest absolute Gasteiger partial charge is 0.451 e. The molecule has 1 N–H and O–H groups in total. The fourth-order valence-electron chi connectivity index (χ4n) is 5.56. The van der Waals surface area contributed by atoms with Gasteiger partial charge in [0.2, 0.25) is 0 Å². The Morgan fingerprint density at radius 1 is 1.00 bits per heavy atom. The molecular weight excluding hydrogens is 462 g/mol. The van der Waals surface area contributed by atoms with Crippen LogP contribution in [0.1, 0.15) is 55.5 Å². The van der Waals surface area contributed by atoms with E-state index in [1.54, 1.807) is 0 Å². The first-order valence-electron chi connectivity index (χ1n) is 13.5. The zero-order chi connectivity index (χ0) is 25.9. The van der Waals surface area contributed by atoms with E-state index in [9.17, 15) is 14.4 Å². The number of carbonyl (C=O) groups excluding carboxylic acids is 3. The van der Waals surface area contributed by atoms with Crippen LogP contribution in [0.4, 0.5) is 0 Å². The molecule has 1 saturated carbocycles. The van der Waals surface area contributed by atoms with E-state index in [1.807, 2.05) is 68.4 Å². The number of ketones is 1. The Morgan fingerprint density at radius 3 is 2.46 bits per heavy atom. The van der Waals surface area contributed by atoms with Crippen molar-refractivity contribution in [3.63, 3.8) is 0 Å². The third kappa shape index (κ3) is 5.61. The molecular formula is C32H35NO4. The summed E-state index contributed by atoms with van der Waals surface area (Å²) in [5.41, 5.74) is 1.97. The molecule has 192 valence electrons. The molecule has 1 aliphatic heterocycles. The molecule has 2 aliphatic rings. The van der Waals surface area contributed by atoms with Crippen LogP contribution in [0.15, 0.2) is 72.8 Å². The van der Waals surface area contributed by atoms with Crippen LogP contribution in [0.25, 0.3) is 10.8 Å². The van der Waals surface area contributed by atoms with Gasteiger partial charge in [-0.15, -0.1) is 0 Å². The molecule has 0 radical (unpaired) electrons. The molecule has 0 bridgehead atoms. The number of fused-ring (bicyclic) bond motifs is 1. The second-order valence-electron chi connectivity index (χ2n) is 10.8. The first-order chi connectivity index (χ1) is 17.9. The van der Waals surface area contributed by atoms with Gasteiger partial charge in [0.05, 0.1) is 0 Å². The number of hydrogen-bond donors (Lipinski definition) is 1. The third-order valence-electron chi connectivity index (χ3n) is 8.22. The molecule has 3 aromatic rings. The number of Topliss-reactive ketones (excluding diaryl/α,β-unsaturated/α-hetero) is 1. The van der Waals surface area contributed by atoms with Crippen molar-refractivity contribution >= 4 is 28.4 Å². The summed E-state index contributed by atoms with van der Waals surface area (Å²) in [7, 11) is 0. The molecule has 1 heterocycles. The van der Waals surface area contributed by atoms with Gasteiger partial charge in [-0.05, 0) is 59.9 Å². The minimum Gasteiger partial charge on any atom is -0.451 e. The lowest BCUT2D eigenvalue weighted by molar-refractivity contribution is -0.193. The van der Waals surface area contributed by atoms with Gasteiger partial charge >= 0.3 is 5.97 Å². The number of carbonyl (C=O) groups is 3. The monoisotopic (exact) mass is 497 g/mol. The summed E-state index contributed by atoms with van der Waals surface area (Å²) in [6.45, 7) is 4.01. The Morgan fingerprint density at radius 2 is 1.73 bits per heavy atom. The van der Waals surface area contributed by atoms with E-state index in [0.29, 0.717) is 0 Å². The van der Waals surface area contributed by atoms with E-state index in [4.69, 9.17) is 4.74 Å². The summed E-state index contributed by atoms with van der Waals surface area (Å²) < 4.78 is 5.20. The second-order valence-corrected chi connectivity index (χ2v) is 10.8. The molecule has 1 aliphatic carbocycles. The molecule has 0 aromatic heterocycles. The lowest BCUT2D eigenvalue weighted by atomic mass is 9.83. The Bertz CT molecular complexity index is 1290. The number of nitrogens with one attached hydrogen (secondary N) is 1. The molecule has 5 rings (SSSR count). The lowest BCUT2D eigenvalue weighted by Gasteiger charge is -2.37. The number of rotatable bonds is 11. The molecule has 5 heteroatoms. The number of benzene rings is 3. The fourth-order valence-corrected chi connectivity index (χ4v) is 5.56. The first-order valence-corrected chi connectivity index (χ1v) is 13.5. The smallest absolute Gasteiger partial charge is 0.314 e. The summed E-state index contributed by atoms with van der Waals surface area (Å²) in [5.74, 6) is -0.398. The average molecular weight is 498 g/mol. The van der Waals surface area contributed by atoms with Gasteiger partial charge in [0.15, 0.2) is 11.9 Å². The van der Waals surface area contributed by atoms with Crippen molar-refractivity contribution in [2.24, 2.45) is 23.7 Å². The lowest BCUT2D eigenvalue weighted by Crippen LogP contribution is -2.56. The summed E-state index contributed by atoms with van der Waals surface area (Å²) in [5, 5.41) is 5.28. The van der Waals surface area contributed by atoms with Crippen molar-refractivity contribution < 1.29 is 19.1 Å².